The van der Waals surface area contributed by atoms with E-state index in [0.29, 0.717) is 0 Å². The van der Waals surface area contributed by atoms with E-state index in [1.807, 2.05) is 0 Å². The molecule has 0 unspecified atom stereocenters. The first-order valence-corrected chi connectivity index (χ1v) is 0. The van der Waals surface area contributed by atoms with Gasteiger partial charge in [-0.3, -0.25) is 0 Å². The van der Waals surface area contributed by atoms with Crippen LogP contribution in [0.15, 0.2) is 0 Å². The Morgan fingerprint density at radius 1 is 0.750 bits per heavy atom. The minimum Gasteiger partial charge on any atom is -0.412 e. The maximum atomic E-state index is 0. The second-order valence-corrected chi connectivity index (χ2v) is 0. The molecule has 0 saturated carbocycles. The SMILES string of the molecule is O.O.[Ta].[Zr]. The van der Waals surface area contributed by atoms with Crippen LogP contribution in [0.5, 0.6) is 0 Å². The predicted molar refractivity (Wildman–Crippen MR) is 7.23 cm³/mol. The average Bonchev–Trinajstić information content (AvgIpc) is 0. The van der Waals surface area contributed by atoms with Crippen LogP contribution in [0.3, 0.4) is 0 Å². The molecule has 0 aliphatic carbocycles. The minimum absolute atomic E-state index is 0. The molecule has 0 spiro atoms. The Hall–Kier alpha value is 1.54. The van der Waals surface area contributed by atoms with Gasteiger partial charge in [-0.2, -0.15) is 0 Å². The molecule has 0 aromatic rings. The third-order valence-electron chi connectivity index (χ3n) is 0. The first-order valence-electron chi connectivity index (χ1n) is 0. The Labute approximate surface area is 59.2 Å². The summed E-state index contributed by atoms with van der Waals surface area (Å²) in [6, 6.07) is 0. The van der Waals surface area contributed by atoms with E-state index < -0.39 is 0 Å². The maximum absolute atomic E-state index is 0. The van der Waals surface area contributed by atoms with Gasteiger partial charge in [0.05, 0.1) is 0 Å². The van der Waals surface area contributed by atoms with Gasteiger partial charge < -0.3 is 11.0 Å². The van der Waals surface area contributed by atoms with Crippen molar-refractivity contribution in [2.24, 2.45) is 0 Å². The van der Waals surface area contributed by atoms with Gasteiger partial charge in [-0.15, -0.1) is 0 Å². The van der Waals surface area contributed by atoms with Gasteiger partial charge in [0.15, 0.2) is 0 Å². The van der Waals surface area contributed by atoms with Crippen LogP contribution in [0.2, 0.25) is 0 Å². The summed E-state index contributed by atoms with van der Waals surface area (Å²) >= 11 is 0. The Kier molecular flexibility index (Phi) is 288. The fourth-order valence-corrected chi connectivity index (χ4v) is 0. The average molecular weight is 308 g/mol. The van der Waals surface area contributed by atoms with Crippen molar-refractivity contribution in [1.82, 2.24) is 0 Å². The summed E-state index contributed by atoms with van der Waals surface area (Å²) in [7, 11) is 0. The van der Waals surface area contributed by atoms with Gasteiger partial charge in [-0.1, -0.05) is 0 Å². The van der Waals surface area contributed by atoms with Crippen molar-refractivity contribution < 1.29 is 59.5 Å². The van der Waals surface area contributed by atoms with Crippen molar-refractivity contribution in [3.8, 4) is 0 Å². The maximum Gasteiger partial charge on any atom is 0 e. The number of rotatable bonds is 0. The molecular formula is H4O2TaZr. The zero-order valence-electron chi connectivity index (χ0n) is 1.95. The van der Waals surface area contributed by atoms with Crippen molar-refractivity contribution in [1.29, 1.82) is 0 Å². The molecule has 4 N–H and O–H groups in total. The standard InChI is InChI=1S/2H2O.Ta.Zr/h2*1H2;;. The molecule has 0 amide bonds. The molecule has 0 rings (SSSR count). The van der Waals surface area contributed by atoms with E-state index in [0.717, 1.165) is 0 Å². The fraction of sp³-hybridized carbons (Fsp3) is 0. The number of hydrogen-bond donors (Lipinski definition) is 0. The third-order valence-corrected chi connectivity index (χ3v) is 0. The molecule has 4 heavy (non-hydrogen) atoms. The molecule has 0 aliphatic heterocycles. The molecule has 0 aliphatic rings. The molecule has 0 saturated heterocycles. The molecule has 1 radical (unpaired) electrons. The van der Waals surface area contributed by atoms with Crippen LogP contribution in [0, 0.1) is 0 Å². The summed E-state index contributed by atoms with van der Waals surface area (Å²) in [5.74, 6) is 0. The molecule has 25 valence electrons. The van der Waals surface area contributed by atoms with Crippen LogP contribution in [0.1, 0.15) is 0 Å². The van der Waals surface area contributed by atoms with E-state index in [1.54, 1.807) is 0 Å². The molecule has 0 bridgehead atoms. The smallest absolute Gasteiger partial charge is 0 e. The summed E-state index contributed by atoms with van der Waals surface area (Å²) in [6.07, 6.45) is 0. The predicted octanol–water partition coefficient (Wildman–Crippen LogP) is -1.65. The van der Waals surface area contributed by atoms with E-state index in [9.17, 15) is 0 Å². The van der Waals surface area contributed by atoms with Crippen LogP contribution in [-0.4, -0.2) is 11.0 Å². The van der Waals surface area contributed by atoms with E-state index in [2.05, 4.69) is 0 Å². The van der Waals surface area contributed by atoms with Gasteiger partial charge in [0.25, 0.3) is 0 Å². The Bertz CT molecular complexity index is 6.00. The van der Waals surface area contributed by atoms with E-state index in [1.165, 1.54) is 0 Å². The van der Waals surface area contributed by atoms with Gasteiger partial charge in [-0.25, -0.2) is 0 Å². The van der Waals surface area contributed by atoms with Crippen LogP contribution < -0.4 is 0 Å². The van der Waals surface area contributed by atoms with Crippen LogP contribution in [0.4, 0.5) is 0 Å². The van der Waals surface area contributed by atoms with E-state index in [-0.39, 0.29) is 59.5 Å². The monoisotopic (exact) mass is 307 g/mol. The molecular weight excluding hydrogens is 304 g/mol. The first-order chi connectivity index (χ1) is 0. The summed E-state index contributed by atoms with van der Waals surface area (Å²) in [6.45, 7) is 0. The zero-order chi connectivity index (χ0) is 0. The van der Waals surface area contributed by atoms with Gasteiger partial charge in [0.2, 0.25) is 0 Å². The molecule has 0 aromatic carbocycles. The van der Waals surface area contributed by atoms with Gasteiger partial charge >= 0.3 is 0 Å². The van der Waals surface area contributed by atoms with Crippen molar-refractivity contribution in [2.75, 3.05) is 0 Å². The van der Waals surface area contributed by atoms with Crippen LogP contribution in [0.25, 0.3) is 0 Å². The first kappa shape index (κ1) is 48.0. The van der Waals surface area contributed by atoms with Crippen LogP contribution >= 0.6 is 0 Å². The Morgan fingerprint density at radius 3 is 0.750 bits per heavy atom. The molecule has 0 atom stereocenters. The van der Waals surface area contributed by atoms with Crippen molar-refractivity contribution >= 4 is 0 Å². The van der Waals surface area contributed by atoms with E-state index in [4.69, 9.17) is 0 Å². The molecule has 2 nitrogen and oxygen atoms in total. The minimum atomic E-state index is 0. The third kappa shape index (κ3) is 9.62. The summed E-state index contributed by atoms with van der Waals surface area (Å²) < 4.78 is 0. The molecule has 0 aromatic heterocycles. The Balaban J connectivity index is 0. The van der Waals surface area contributed by atoms with Crippen molar-refractivity contribution in [2.45, 2.75) is 0 Å². The van der Waals surface area contributed by atoms with Gasteiger partial charge in [0, 0.05) is 48.6 Å². The molecule has 0 heterocycles. The van der Waals surface area contributed by atoms with Gasteiger partial charge in [0.1, 0.15) is 0 Å². The Morgan fingerprint density at radius 2 is 0.750 bits per heavy atom. The quantitative estimate of drug-likeness (QED) is 0.515. The summed E-state index contributed by atoms with van der Waals surface area (Å²) in [5.41, 5.74) is 0. The summed E-state index contributed by atoms with van der Waals surface area (Å²) in [4.78, 5) is 0. The molecule has 0 fully saturated rings. The molecule has 4 heteroatoms. The zero-order valence-corrected chi connectivity index (χ0v) is 7.62. The summed E-state index contributed by atoms with van der Waals surface area (Å²) in [5, 5.41) is 0. The largest absolute Gasteiger partial charge is 0.412 e. The van der Waals surface area contributed by atoms with Crippen molar-refractivity contribution in [3.63, 3.8) is 0 Å². The fourth-order valence-electron chi connectivity index (χ4n) is 0. The normalized spacial score (nSPS) is 0. The van der Waals surface area contributed by atoms with E-state index >= 15 is 0 Å². The second kappa shape index (κ2) is 23.9. The van der Waals surface area contributed by atoms with Crippen LogP contribution in [-0.2, 0) is 48.6 Å². The second-order valence-electron chi connectivity index (χ2n) is 0. The topological polar surface area (TPSA) is 63.0 Å². The van der Waals surface area contributed by atoms with Crippen molar-refractivity contribution in [3.05, 3.63) is 0 Å². The number of hydrogen-bond acceptors (Lipinski definition) is 0. The van der Waals surface area contributed by atoms with Gasteiger partial charge in [-0.05, 0) is 0 Å².